The Morgan fingerprint density at radius 3 is 2.33 bits per heavy atom. The summed E-state index contributed by atoms with van der Waals surface area (Å²) < 4.78 is 5.13. The van der Waals surface area contributed by atoms with Gasteiger partial charge in [0.05, 0.1) is 11.0 Å². The predicted molar refractivity (Wildman–Crippen MR) is 111 cm³/mol. The van der Waals surface area contributed by atoms with Crippen molar-refractivity contribution < 1.29 is 19.1 Å². The maximum absolute atomic E-state index is 12.3. The third-order valence-corrected chi connectivity index (χ3v) is 4.18. The van der Waals surface area contributed by atoms with Crippen molar-refractivity contribution in [3.05, 3.63) is 59.0 Å². The average molecular weight is 411 g/mol. The number of hydrogen-bond donors (Lipinski definition) is 5. The van der Waals surface area contributed by atoms with Crippen LogP contribution in [0.2, 0.25) is 0 Å². The van der Waals surface area contributed by atoms with Crippen molar-refractivity contribution in [1.29, 1.82) is 0 Å². The van der Waals surface area contributed by atoms with Gasteiger partial charge < -0.3 is 30.7 Å². The van der Waals surface area contributed by atoms with Crippen LogP contribution in [0.25, 0.3) is 11.0 Å². The molecule has 0 radical (unpaired) electrons. The van der Waals surface area contributed by atoms with Crippen LogP contribution >= 0.6 is 0 Å². The number of carbonyl (C=O) groups is 3. The van der Waals surface area contributed by atoms with E-state index in [9.17, 15) is 19.2 Å². The number of aromatic nitrogens is 2. The highest BCUT2D eigenvalue weighted by Crippen LogP contribution is 2.15. The number of rotatable bonds is 6. The van der Waals surface area contributed by atoms with Gasteiger partial charge in [0.1, 0.15) is 6.04 Å². The van der Waals surface area contributed by atoms with Crippen LogP contribution in [0.4, 0.5) is 16.2 Å². The zero-order valence-electron chi connectivity index (χ0n) is 16.3. The molecule has 0 aliphatic rings. The molecule has 2 aromatic carbocycles. The Bertz CT molecular complexity index is 1120. The number of urea groups is 1. The standard InChI is InChI=1S/C20H21N5O5/c1-11(21-19(28)23-13-6-4-3-5-7-13)18(27)30-12(2)17(26)22-14-8-9-15-16(10-14)25-20(29)24-15/h3-12H,1-2H3,(H,22,26)(H2,21,23,28)(H2,24,25,29)/t11-,12-/m0/s1. The maximum atomic E-state index is 12.3. The summed E-state index contributed by atoms with van der Waals surface area (Å²) in [6, 6.07) is 12.0. The van der Waals surface area contributed by atoms with Crippen LogP contribution in [-0.4, -0.2) is 40.0 Å². The van der Waals surface area contributed by atoms with Gasteiger partial charge in [0, 0.05) is 11.4 Å². The lowest BCUT2D eigenvalue weighted by molar-refractivity contribution is -0.154. The van der Waals surface area contributed by atoms with Crippen LogP contribution in [0.1, 0.15) is 13.8 Å². The Labute approximate surface area is 171 Å². The van der Waals surface area contributed by atoms with Crippen molar-refractivity contribution in [1.82, 2.24) is 15.3 Å². The van der Waals surface area contributed by atoms with E-state index in [1.165, 1.54) is 13.8 Å². The number of hydrogen-bond acceptors (Lipinski definition) is 5. The van der Waals surface area contributed by atoms with Crippen LogP contribution < -0.4 is 21.6 Å². The molecule has 0 aliphatic heterocycles. The van der Waals surface area contributed by atoms with Gasteiger partial charge in [-0.2, -0.15) is 0 Å². The predicted octanol–water partition coefficient (Wildman–Crippen LogP) is 1.94. The van der Waals surface area contributed by atoms with Gasteiger partial charge in [-0.3, -0.25) is 4.79 Å². The quantitative estimate of drug-likeness (QED) is 0.394. The molecule has 0 saturated carbocycles. The van der Waals surface area contributed by atoms with Gasteiger partial charge in [-0.05, 0) is 44.2 Å². The number of amides is 3. The van der Waals surface area contributed by atoms with Crippen LogP contribution in [0, 0.1) is 0 Å². The van der Waals surface area contributed by atoms with Crippen LogP contribution in [-0.2, 0) is 14.3 Å². The highest BCUT2D eigenvalue weighted by Gasteiger charge is 2.23. The third-order valence-electron chi connectivity index (χ3n) is 4.18. The van der Waals surface area contributed by atoms with E-state index in [0.717, 1.165) is 0 Å². The van der Waals surface area contributed by atoms with Crippen LogP contribution in [0.5, 0.6) is 0 Å². The Kier molecular flexibility index (Phi) is 6.16. The molecular weight excluding hydrogens is 390 g/mol. The number of esters is 1. The monoisotopic (exact) mass is 411 g/mol. The Hall–Kier alpha value is -4.08. The van der Waals surface area contributed by atoms with E-state index < -0.39 is 30.1 Å². The fourth-order valence-corrected chi connectivity index (χ4v) is 2.63. The molecule has 156 valence electrons. The molecule has 0 unspecified atom stereocenters. The third kappa shape index (κ3) is 5.25. The first-order chi connectivity index (χ1) is 14.3. The highest BCUT2D eigenvalue weighted by molar-refractivity contribution is 5.97. The molecule has 0 aliphatic carbocycles. The molecule has 0 fully saturated rings. The molecule has 1 heterocycles. The second kappa shape index (κ2) is 8.95. The van der Waals surface area contributed by atoms with E-state index in [1.807, 2.05) is 6.07 Å². The topological polar surface area (TPSA) is 145 Å². The summed E-state index contributed by atoms with van der Waals surface area (Å²) in [7, 11) is 0. The van der Waals surface area contributed by atoms with Crippen molar-refractivity contribution >= 4 is 40.3 Å². The van der Waals surface area contributed by atoms with E-state index >= 15 is 0 Å². The number of aromatic amines is 2. The van der Waals surface area contributed by atoms with E-state index in [2.05, 4.69) is 25.9 Å². The summed E-state index contributed by atoms with van der Waals surface area (Å²) in [5.41, 5.74) is 1.78. The molecule has 3 rings (SSSR count). The van der Waals surface area contributed by atoms with E-state index in [4.69, 9.17) is 4.74 Å². The summed E-state index contributed by atoms with van der Waals surface area (Å²) >= 11 is 0. The van der Waals surface area contributed by atoms with E-state index in [-0.39, 0.29) is 5.69 Å². The van der Waals surface area contributed by atoms with Gasteiger partial charge in [0.2, 0.25) is 0 Å². The molecule has 3 amide bonds. The minimum Gasteiger partial charge on any atom is -0.451 e. The van der Waals surface area contributed by atoms with E-state index in [0.29, 0.717) is 22.4 Å². The number of para-hydroxylation sites is 1. The van der Waals surface area contributed by atoms with Crippen molar-refractivity contribution in [2.24, 2.45) is 0 Å². The zero-order chi connectivity index (χ0) is 21.7. The summed E-state index contributed by atoms with van der Waals surface area (Å²) in [5, 5.41) is 7.65. The molecule has 5 N–H and O–H groups in total. The Morgan fingerprint density at radius 1 is 0.900 bits per heavy atom. The molecule has 2 atom stereocenters. The number of ether oxygens (including phenoxy) is 1. The molecule has 0 spiro atoms. The maximum Gasteiger partial charge on any atom is 0.329 e. The van der Waals surface area contributed by atoms with Crippen molar-refractivity contribution in [2.45, 2.75) is 26.0 Å². The van der Waals surface area contributed by atoms with Crippen LogP contribution in [0.3, 0.4) is 0 Å². The van der Waals surface area contributed by atoms with Gasteiger partial charge in [0.15, 0.2) is 6.10 Å². The number of imidazole rings is 1. The molecule has 3 aromatic rings. The molecule has 10 nitrogen and oxygen atoms in total. The molecule has 30 heavy (non-hydrogen) atoms. The van der Waals surface area contributed by atoms with Gasteiger partial charge in [-0.1, -0.05) is 18.2 Å². The Morgan fingerprint density at radius 2 is 1.60 bits per heavy atom. The first-order valence-corrected chi connectivity index (χ1v) is 9.18. The zero-order valence-corrected chi connectivity index (χ0v) is 16.3. The second-order valence-corrected chi connectivity index (χ2v) is 6.59. The van der Waals surface area contributed by atoms with Crippen molar-refractivity contribution in [3.63, 3.8) is 0 Å². The lowest BCUT2D eigenvalue weighted by atomic mass is 10.2. The lowest BCUT2D eigenvalue weighted by Gasteiger charge is -2.18. The SMILES string of the molecule is C[C@H](NC(=O)Nc1ccccc1)C(=O)O[C@@H](C)C(=O)Nc1ccc2[nH]c(=O)[nH]c2c1. The second-order valence-electron chi connectivity index (χ2n) is 6.59. The average Bonchev–Trinajstić information content (AvgIpc) is 3.07. The van der Waals surface area contributed by atoms with Gasteiger partial charge >= 0.3 is 17.7 Å². The van der Waals surface area contributed by atoms with Gasteiger partial charge in [0.25, 0.3) is 5.91 Å². The number of nitrogens with one attached hydrogen (secondary N) is 5. The lowest BCUT2D eigenvalue weighted by Crippen LogP contribution is -2.44. The van der Waals surface area contributed by atoms with Crippen molar-refractivity contribution in [3.8, 4) is 0 Å². The largest absolute Gasteiger partial charge is 0.451 e. The molecule has 0 bridgehead atoms. The summed E-state index contributed by atoms with van der Waals surface area (Å²) in [6.45, 7) is 2.87. The molecule has 1 aromatic heterocycles. The van der Waals surface area contributed by atoms with Crippen molar-refractivity contribution in [2.75, 3.05) is 10.6 Å². The number of H-pyrrole nitrogens is 2. The molecule has 0 saturated heterocycles. The molecular formula is C20H21N5O5. The first kappa shape index (κ1) is 20.6. The fourth-order valence-electron chi connectivity index (χ4n) is 2.63. The van der Waals surface area contributed by atoms with Gasteiger partial charge in [-0.15, -0.1) is 0 Å². The highest BCUT2D eigenvalue weighted by atomic mass is 16.5. The summed E-state index contributed by atoms with van der Waals surface area (Å²) in [6.07, 6.45) is -1.10. The number of fused-ring (bicyclic) bond motifs is 1. The Balaban J connectivity index is 1.51. The smallest absolute Gasteiger partial charge is 0.329 e. The minimum absolute atomic E-state index is 0.353. The summed E-state index contributed by atoms with van der Waals surface area (Å²) in [5.74, 6) is -1.31. The normalized spacial score (nSPS) is 12.6. The number of carbonyl (C=O) groups excluding carboxylic acids is 3. The fraction of sp³-hybridized carbons (Fsp3) is 0.200. The number of benzene rings is 2. The minimum atomic E-state index is -1.10. The summed E-state index contributed by atoms with van der Waals surface area (Å²) in [4.78, 5) is 52.9. The number of anilines is 2. The van der Waals surface area contributed by atoms with Gasteiger partial charge in [-0.25, -0.2) is 14.4 Å². The van der Waals surface area contributed by atoms with Crippen LogP contribution in [0.15, 0.2) is 53.3 Å². The van der Waals surface area contributed by atoms with E-state index in [1.54, 1.807) is 42.5 Å². The first-order valence-electron chi connectivity index (χ1n) is 9.18. The molecule has 10 heteroatoms.